The summed E-state index contributed by atoms with van der Waals surface area (Å²) in [5, 5.41) is 2.49. The van der Waals surface area contributed by atoms with Gasteiger partial charge in [0.25, 0.3) is 0 Å². The van der Waals surface area contributed by atoms with E-state index in [1.54, 1.807) is 0 Å². The average molecular weight is 703 g/mol. The van der Waals surface area contributed by atoms with E-state index in [4.69, 9.17) is 0 Å². The standard InChI is InChI=1S/C53H38N2/c1-5-17-38(18-6-1)53(39-19-7-2-8-20-39)48-27-15-13-26-46(48)52-47-35-42(31-29-37(47)30-34-49(52)53)54(40-21-9-3-10-22-40)43-32-33-45-44-25-14-16-28-50(44)55(51(45)36-43)41-23-11-4-12-24-41/h1-24,26-36,44H,25H2. The van der Waals surface area contributed by atoms with Gasteiger partial charge < -0.3 is 9.80 Å². The number of fused-ring (bicyclic) bond motifs is 8. The molecule has 2 heteroatoms. The average Bonchev–Trinajstić information content (AvgIpc) is 3.76. The van der Waals surface area contributed by atoms with Gasteiger partial charge in [-0.3, -0.25) is 0 Å². The van der Waals surface area contributed by atoms with Gasteiger partial charge in [-0.25, -0.2) is 0 Å². The molecule has 8 aromatic rings. The van der Waals surface area contributed by atoms with Crippen LogP contribution < -0.4 is 9.80 Å². The molecule has 0 fully saturated rings. The summed E-state index contributed by atoms with van der Waals surface area (Å²) in [7, 11) is 0. The van der Waals surface area contributed by atoms with Crippen molar-refractivity contribution in [2.45, 2.75) is 17.8 Å². The highest BCUT2D eigenvalue weighted by Gasteiger charge is 2.46. The lowest BCUT2D eigenvalue weighted by molar-refractivity contribution is 0.769. The second-order valence-electron chi connectivity index (χ2n) is 14.8. The predicted octanol–water partition coefficient (Wildman–Crippen LogP) is 13.8. The zero-order chi connectivity index (χ0) is 36.3. The van der Waals surface area contributed by atoms with Crippen LogP contribution in [0.5, 0.6) is 0 Å². The molecular formula is C53H38N2. The third-order valence-corrected chi connectivity index (χ3v) is 12.0. The van der Waals surface area contributed by atoms with E-state index in [-0.39, 0.29) is 0 Å². The van der Waals surface area contributed by atoms with Gasteiger partial charge in [0.2, 0.25) is 0 Å². The number of nitrogens with zero attached hydrogens (tertiary/aromatic N) is 2. The van der Waals surface area contributed by atoms with Crippen LogP contribution in [0.2, 0.25) is 0 Å². The van der Waals surface area contributed by atoms with Crippen molar-refractivity contribution in [1.29, 1.82) is 0 Å². The highest BCUT2D eigenvalue weighted by atomic mass is 15.2. The lowest BCUT2D eigenvalue weighted by Crippen LogP contribution is -2.28. The van der Waals surface area contributed by atoms with Gasteiger partial charge in [-0.2, -0.15) is 0 Å². The van der Waals surface area contributed by atoms with Gasteiger partial charge in [-0.15, -0.1) is 0 Å². The molecule has 0 N–H and O–H groups in total. The molecule has 8 aromatic carbocycles. The molecule has 1 heterocycles. The molecule has 1 unspecified atom stereocenters. The van der Waals surface area contributed by atoms with Crippen LogP contribution >= 0.6 is 0 Å². The molecule has 2 aliphatic carbocycles. The summed E-state index contributed by atoms with van der Waals surface area (Å²) >= 11 is 0. The summed E-state index contributed by atoms with van der Waals surface area (Å²) < 4.78 is 0. The van der Waals surface area contributed by atoms with E-state index in [9.17, 15) is 0 Å². The number of hydrogen-bond donors (Lipinski definition) is 0. The highest BCUT2D eigenvalue weighted by molar-refractivity contribution is 6.06. The van der Waals surface area contributed by atoms with Crippen molar-refractivity contribution in [3.8, 4) is 11.1 Å². The van der Waals surface area contributed by atoms with Crippen LogP contribution in [0, 0.1) is 0 Å². The van der Waals surface area contributed by atoms with Crippen LogP contribution in [0.4, 0.5) is 28.4 Å². The molecule has 2 nitrogen and oxygen atoms in total. The fourth-order valence-corrected chi connectivity index (χ4v) is 9.71. The van der Waals surface area contributed by atoms with E-state index in [1.807, 2.05) is 0 Å². The maximum atomic E-state index is 2.47. The second kappa shape index (κ2) is 12.6. The minimum Gasteiger partial charge on any atom is -0.313 e. The molecule has 0 bridgehead atoms. The molecule has 55 heavy (non-hydrogen) atoms. The van der Waals surface area contributed by atoms with E-state index < -0.39 is 5.41 Å². The van der Waals surface area contributed by atoms with Crippen molar-refractivity contribution >= 4 is 39.2 Å². The van der Waals surface area contributed by atoms with E-state index in [2.05, 4.69) is 222 Å². The quantitative estimate of drug-likeness (QED) is 0.170. The van der Waals surface area contributed by atoms with E-state index in [0.717, 1.165) is 23.5 Å². The molecule has 0 saturated carbocycles. The molecular weight excluding hydrogens is 665 g/mol. The van der Waals surface area contributed by atoms with Crippen molar-refractivity contribution in [2.24, 2.45) is 0 Å². The zero-order valence-electron chi connectivity index (χ0n) is 30.4. The largest absolute Gasteiger partial charge is 0.313 e. The van der Waals surface area contributed by atoms with Crippen molar-refractivity contribution in [2.75, 3.05) is 9.80 Å². The van der Waals surface area contributed by atoms with Gasteiger partial charge in [0.15, 0.2) is 0 Å². The van der Waals surface area contributed by atoms with Crippen molar-refractivity contribution in [3.05, 3.63) is 246 Å². The summed E-state index contributed by atoms with van der Waals surface area (Å²) in [6.45, 7) is 0. The maximum Gasteiger partial charge on any atom is 0.0713 e. The Morgan fingerprint density at radius 1 is 0.527 bits per heavy atom. The Morgan fingerprint density at radius 2 is 1.15 bits per heavy atom. The van der Waals surface area contributed by atoms with Gasteiger partial charge >= 0.3 is 0 Å². The Kier molecular flexibility index (Phi) is 7.25. The van der Waals surface area contributed by atoms with Crippen LogP contribution in [0.25, 0.3) is 21.9 Å². The first kappa shape index (κ1) is 31.6. The Morgan fingerprint density at radius 3 is 1.89 bits per heavy atom. The number of anilines is 5. The fraction of sp³-hybridized carbons (Fsp3) is 0.0566. The monoisotopic (exact) mass is 702 g/mol. The first-order valence-corrected chi connectivity index (χ1v) is 19.3. The van der Waals surface area contributed by atoms with Crippen LogP contribution in [0.3, 0.4) is 0 Å². The Labute approximate surface area is 322 Å². The van der Waals surface area contributed by atoms with Crippen LogP contribution in [0.1, 0.15) is 40.2 Å². The first-order valence-electron chi connectivity index (χ1n) is 19.3. The highest BCUT2D eigenvalue weighted by Crippen LogP contribution is 2.58. The summed E-state index contributed by atoms with van der Waals surface area (Å²) in [5.41, 5.74) is 15.9. The lowest BCUT2D eigenvalue weighted by Gasteiger charge is -2.34. The van der Waals surface area contributed by atoms with Gasteiger partial charge in [0, 0.05) is 34.4 Å². The predicted molar refractivity (Wildman–Crippen MR) is 229 cm³/mol. The van der Waals surface area contributed by atoms with Crippen molar-refractivity contribution in [3.63, 3.8) is 0 Å². The van der Waals surface area contributed by atoms with Crippen molar-refractivity contribution < 1.29 is 0 Å². The van der Waals surface area contributed by atoms with Gasteiger partial charge in [0.05, 0.1) is 11.1 Å². The SMILES string of the molecule is C1=CCC2C(=C1)N(c1ccccc1)c1cc(N(c3ccccc3)c3ccc4ccc5c(c4c3)-c3ccccc3C5(c3ccccc3)c3ccccc3)ccc12. The first-order chi connectivity index (χ1) is 27.3. The van der Waals surface area contributed by atoms with Gasteiger partial charge in [-0.05, 0) is 111 Å². The second-order valence-corrected chi connectivity index (χ2v) is 14.8. The third kappa shape index (κ3) is 4.74. The smallest absolute Gasteiger partial charge is 0.0713 e. The maximum absolute atomic E-state index is 2.47. The van der Waals surface area contributed by atoms with Gasteiger partial charge in [0.1, 0.15) is 0 Å². The number of para-hydroxylation sites is 2. The Bertz CT molecular complexity index is 2750. The van der Waals surface area contributed by atoms with Crippen LogP contribution in [0.15, 0.2) is 218 Å². The normalized spacial score (nSPS) is 15.9. The molecule has 260 valence electrons. The Balaban J connectivity index is 1.14. The minimum atomic E-state index is -0.445. The third-order valence-electron chi connectivity index (χ3n) is 12.0. The molecule has 11 rings (SSSR count). The fourth-order valence-electron chi connectivity index (χ4n) is 9.71. The summed E-state index contributed by atoms with van der Waals surface area (Å²) in [6, 6.07) is 71.6. The van der Waals surface area contributed by atoms with Crippen molar-refractivity contribution in [1.82, 2.24) is 0 Å². The molecule has 0 aromatic heterocycles. The molecule has 3 aliphatic rings. The minimum absolute atomic E-state index is 0.345. The van der Waals surface area contributed by atoms with E-state index in [1.165, 1.54) is 66.8 Å². The number of benzene rings is 8. The number of rotatable bonds is 6. The van der Waals surface area contributed by atoms with Crippen LogP contribution in [-0.2, 0) is 5.41 Å². The topological polar surface area (TPSA) is 6.48 Å². The Hall–Kier alpha value is -6.90. The number of hydrogen-bond acceptors (Lipinski definition) is 2. The number of allylic oxidation sites excluding steroid dienone is 4. The van der Waals surface area contributed by atoms with E-state index >= 15 is 0 Å². The van der Waals surface area contributed by atoms with Crippen LogP contribution in [-0.4, -0.2) is 0 Å². The molecule has 0 radical (unpaired) electrons. The summed E-state index contributed by atoms with van der Waals surface area (Å²) in [5.74, 6) is 0.345. The molecule has 0 saturated heterocycles. The summed E-state index contributed by atoms with van der Waals surface area (Å²) in [6.07, 6.45) is 7.81. The van der Waals surface area contributed by atoms with Gasteiger partial charge in [-0.1, -0.05) is 158 Å². The molecule has 0 amide bonds. The molecule has 1 aliphatic heterocycles. The molecule has 1 atom stereocenters. The lowest BCUT2D eigenvalue weighted by atomic mass is 9.67. The van der Waals surface area contributed by atoms with E-state index in [0.29, 0.717) is 5.92 Å². The summed E-state index contributed by atoms with van der Waals surface area (Å²) in [4.78, 5) is 4.90. The molecule has 0 spiro atoms. The zero-order valence-corrected chi connectivity index (χ0v) is 30.4.